The Morgan fingerprint density at radius 3 is 2.00 bits per heavy atom. The molecule has 2 aliphatic carbocycles. The van der Waals surface area contributed by atoms with Crippen LogP contribution in [0.25, 0.3) is 0 Å². The predicted molar refractivity (Wildman–Crippen MR) is 126 cm³/mol. The van der Waals surface area contributed by atoms with Crippen molar-refractivity contribution in [3.05, 3.63) is 29.6 Å². The number of nitrogens with zero attached hydrogens (tertiary/aromatic N) is 1. The Morgan fingerprint density at radius 1 is 0.828 bits per heavy atom. The van der Waals surface area contributed by atoms with Crippen molar-refractivity contribution in [2.45, 2.75) is 117 Å². The van der Waals surface area contributed by atoms with E-state index in [-0.39, 0.29) is 0 Å². The van der Waals surface area contributed by atoms with Crippen LogP contribution in [0.3, 0.4) is 0 Å². The summed E-state index contributed by atoms with van der Waals surface area (Å²) in [4.78, 5) is 4.86. The van der Waals surface area contributed by atoms with Gasteiger partial charge in [-0.3, -0.25) is 4.98 Å². The van der Waals surface area contributed by atoms with Crippen molar-refractivity contribution < 1.29 is 0 Å². The van der Waals surface area contributed by atoms with Gasteiger partial charge in [0.15, 0.2) is 0 Å². The Bertz CT molecular complexity index is 560. The van der Waals surface area contributed by atoms with E-state index in [1.807, 2.05) is 0 Å². The predicted octanol–water partition coefficient (Wildman–Crippen LogP) is 8.58. The highest BCUT2D eigenvalue weighted by Crippen LogP contribution is 2.45. The van der Waals surface area contributed by atoms with Crippen LogP contribution in [0.1, 0.15) is 122 Å². The van der Waals surface area contributed by atoms with Crippen LogP contribution in [0.15, 0.2) is 18.3 Å². The standard InChI is InChI=1S/C28H47N/c1-5-7-9-24-12-19-28(29-20-24)22(4)27-17-15-26(16-18-27)21(3)25-13-10-23(8-6-2)11-14-25/h12,19-23,25-27H,5-11,13-18H2,1-4H3. The molecule has 0 saturated heterocycles. The second-order valence-electron chi connectivity index (χ2n) is 10.6. The molecule has 0 N–H and O–H groups in total. The third-order valence-corrected chi connectivity index (χ3v) is 8.73. The van der Waals surface area contributed by atoms with Crippen molar-refractivity contribution in [2.75, 3.05) is 0 Å². The Balaban J connectivity index is 1.44. The minimum Gasteiger partial charge on any atom is -0.261 e. The van der Waals surface area contributed by atoms with Crippen LogP contribution >= 0.6 is 0 Å². The fourth-order valence-electron chi connectivity index (χ4n) is 6.44. The second kappa shape index (κ2) is 11.5. The molecule has 0 bridgehead atoms. The molecule has 0 aromatic carbocycles. The molecular weight excluding hydrogens is 350 g/mol. The van der Waals surface area contributed by atoms with Crippen LogP contribution in [-0.2, 0) is 6.42 Å². The van der Waals surface area contributed by atoms with Crippen LogP contribution in [0, 0.1) is 29.6 Å². The molecule has 0 amide bonds. The quantitative estimate of drug-likeness (QED) is 0.406. The van der Waals surface area contributed by atoms with Crippen molar-refractivity contribution in [3.63, 3.8) is 0 Å². The second-order valence-corrected chi connectivity index (χ2v) is 10.6. The van der Waals surface area contributed by atoms with E-state index in [2.05, 4.69) is 46.0 Å². The van der Waals surface area contributed by atoms with E-state index in [1.165, 1.54) is 94.7 Å². The lowest BCUT2D eigenvalue weighted by molar-refractivity contribution is 0.118. The van der Waals surface area contributed by atoms with E-state index in [0.29, 0.717) is 5.92 Å². The zero-order valence-electron chi connectivity index (χ0n) is 19.8. The lowest BCUT2D eigenvalue weighted by Crippen LogP contribution is -2.29. The molecule has 2 unspecified atom stereocenters. The van der Waals surface area contributed by atoms with E-state index in [4.69, 9.17) is 4.98 Å². The molecule has 1 heteroatoms. The molecule has 164 valence electrons. The molecule has 0 aliphatic heterocycles. The van der Waals surface area contributed by atoms with E-state index >= 15 is 0 Å². The highest BCUT2D eigenvalue weighted by molar-refractivity contribution is 5.17. The van der Waals surface area contributed by atoms with Gasteiger partial charge in [-0.2, -0.15) is 0 Å². The number of aryl methyl sites for hydroxylation is 1. The molecule has 2 fully saturated rings. The highest BCUT2D eigenvalue weighted by Gasteiger charge is 2.33. The molecule has 0 radical (unpaired) electrons. The molecule has 2 saturated carbocycles. The summed E-state index contributed by atoms with van der Waals surface area (Å²) in [5, 5.41) is 0. The van der Waals surface area contributed by atoms with Crippen LogP contribution in [0.2, 0.25) is 0 Å². The number of unbranched alkanes of at least 4 members (excludes halogenated alkanes) is 1. The topological polar surface area (TPSA) is 12.9 Å². The van der Waals surface area contributed by atoms with Gasteiger partial charge in [0, 0.05) is 17.8 Å². The maximum Gasteiger partial charge on any atom is 0.0434 e. The molecule has 2 atom stereocenters. The van der Waals surface area contributed by atoms with Gasteiger partial charge in [0.25, 0.3) is 0 Å². The third-order valence-electron chi connectivity index (χ3n) is 8.73. The van der Waals surface area contributed by atoms with E-state index < -0.39 is 0 Å². The SMILES string of the molecule is CCCCc1ccc(C(C)C2CCC(C(C)C3CCC(CCC)CC3)CC2)nc1. The summed E-state index contributed by atoms with van der Waals surface area (Å²) in [5.41, 5.74) is 2.74. The summed E-state index contributed by atoms with van der Waals surface area (Å²) in [6.45, 7) is 9.64. The van der Waals surface area contributed by atoms with E-state index in [1.54, 1.807) is 0 Å². The van der Waals surface area contributed by atoms with Crippen molar-refractivity contribution in [2.24, 2.45) is 29.6 Å². The zero-order valence-corrected chi connectivity index (χ0v) is 19.8. The Hall–Kier alpha value is -0.850. The maximum atomic E-state index is 4.86. The van der Waals surface area contributed by atoms with Gasteiger partial charge in [-0.05, 0) is 92.6 Å². The highest BCUT2D eigenvalue weighted by atomic mass is 14.7. The van der Waals surface area contributed by atoms with Gasteiger partial charge in [0.1, 0.15) is 0 Å². The first-order valence-electron chi connectivity index (χ1n) is 13.1. The first kappa shape index (κ1) is 22.8. The molecule has 2 aliphatic rings. The Kier molecular flexibility index (Phi) is 9.07. The summed E-state index contributed by atoms with van der Waals surface area (Å²) in [7, 11) is 0. The summed E-state index contributed by atoms with van der Waals surface area (Å²) < 4.78 is 0. The van der Waals surface area contributed by atoms with Gasteiger partial charge < -0.3 is 0 Å². The molecule has 29 heavy (non-hydrogen) atoms. The fourth-order valence-corrected chi connectivity index (χ4v) is 6.44. The maximum absolute atomic E-state index is 4.86. The molecular formula is C28H47N. The first-order chi connectivity index (χ1) is 14.1. The van der Waals surface area contributed by atoms with Crippen molar-refractivity contribution in [1.29, 1.82) is 0 Å². The van der Waals surface area contributed by atoms with Gasteiger partial charge in [-0.25, -0.2) is 0 Å². The molecule has 1 heterocycles. The van der Waals surface area contributed by atoms with Crippen molar-refractivity contribution >= 4 is 0 Å². The lowest BCUT2D eigenvalue weighted by atomic mass is 9.66. The number of hydrogen-bond acceptors (Lipinski definition) is 1. The molecule has 1 nitrogen and oxygen atoms in total. The molecule has 1 aromatic heterocycles. The summed E-state index contributed by atoms with van der Waals surface area (Å²) in [5.74, 6) is 5.45. The molecule has 1 aromatic rings. The monoisotopic (exact) mass is 397 g/mol. The minimum absolute atomic E-state index is 0.621. The number of pyridine rings is 1. The Labute approximate surface area is 181 Å². The van der Waals surface area contributed by atoms with Crippen LogP contribution in [0.4, 0.5) is 0 Å². The minimum atomic E-state index is 0.621. The van der Waals surface area contributed by atoms with E-state index in [9.17, 15) is 0 Å². The largest absolute Gasteiger partial charge is 0.261 e. The molecule has 3 rings (SSSR count). The fraction of sp³-hybridized carbons (Fsp3) is 0.821. The van der Waals surface area contributed by atoms with Gasteiger partial charge in [0.05, 0.1) is 0 Å². The Morgan fingerprint density at radius 2 is 1.45 bits per heavy atom. The zero-order chi connectivity index (χ0) is 20.6. The van der Waals surface area contributed by atoms with E-state index in [0.717, 1.165) is 29.6 Å². The smallest absolute Gasteiger partial charge is 0.0434 e. The van der Waals surface area contributed by atoms with Crippen LogP contribution < -0.4 is 0 Å². The number of hydrogen-bond donors (Lipinski definition) is 0. The average molecular weight is 398 g/mol. The molecule has 0 spiro atoms. The first-order valence-corrected chi connectivity index (χ1v) is 13.1. The third kappa shape index (κ3) is 6.31. The van der Waals surface area contributed by atoms with Crippen molar-refractivity contribution in [3.8, 4) is 0 Å². The van der Waals surface area contributed by atoms with Gasteiger partial charge in [0.2, 0.25) is 0 Å². The van der Waals surface area contributed by atoms with Crippen LogP contribution in [0.5, 0.6) is 0 Å². The number of rotatable bonds is 9. The average Bonchev–Trinajstić information content (AvgIpc) is 2.78. The lowest BCUT2D eigenvalue weighted by Gasteiger charge is -2.40. The van der Waals surface area contributed by atoms with Gasteiger partial charge in [-0.1, -0.05) is 65.9 Å². The van der Waals surface area contributed by atoms with Gasteiger partial charge >= 0.3 is 0 Å². The van der Waals surface area contributed by atoms with Crippen LogP contribution in [-0.4, -0.2) is 4.98 Å². The normalized spacial score (nSPS) is 30.1. The van der Waals surface area contributed by atoms with Gasteiger partial charge in [-0.15, -0.1) is 0 Å². The summed E-state index contributed by atoms with van der Waals surface area (Å²) >= 11 is 0. The summed E-state index contributed by atoms with van der Waals surface area (Å²) in [6, 6.07) is 4.65. The number of aromatic nitrogens is 1. The van der Waals surface area contributed by atoms with Crippen molar-refractivity contribution in [1.82, 2.24) is 4.98 Å². The summed E-state index contributed by atoms with van der Waals surface area (Å²) in [6.07, 6.45) is 20.5.